The minimum atomic E-state index is -0.561. The van der Waals surface area contributed by atoms with E-state index in [9.17, 15) is 18.4 Å². The second-order valence-corrected chi connectivity index (χ2v) is 7.18. The summed E-state index contributed by atoms with van der Waals surface area (Å²) in [5.74, 6) is -2.03. The molecule has 0 atom stereocenters. The first-order valence-corrected chi connectivity index (χ1v) is 9.33. The Labute approximate surface area is 172 Å². The van der Waals surface area contributed by atoms with E-state index >= 15 is 0 Å². The molecule has 0 bridgehead atoms. The summed E-state index contributed by atoms with van der Waals surface area (Å²) >= 11 is 0. The molecule has 0 spiro atoms. The lowest BCUT2D eigenvalue weighted by atomic mass is 10.0. The van der Waals surface area contributed by atoms with Crippen LogP contribution in [0.5, 0.6) is 0 Å². The van der Waals surface area contributed by atoms with Gasteiger partial charge in [-0.3, -0.25) is 9.59 Å². The number of nitrogens with one attached hydrogen (secondary N) is 1. The molecule has 0 aliphatic carbocycles. The van der Waals surface area contributed by atoms with Crippen molar-refractivity contribution in [2.75, 3.05) is 10.2 Å². The molecule has 3 aromatic carbocycles. The van der Waals surface area contributed by atoms with Crippen molar-refractivity contribution in [3.05, 3.63) is 101 Å². The smallest absolute Gasteiger partial charge is 0.282 e. The summed E-state index contributed by atoms with van der Waals surface area (Å²) in [6, 6.07) is 16.4. The van der Waals surface area contributed by atoms with Gasteiger partial charge in [-0.2, -0.15) is 0 Å². The molecule has 3 aromatic rings. The minimum absolute atomic E-state index is 0.0105. The summed E-state index contributed by atoms with van der Waals surface area (Å²) in [7, 11) is 0. The number of hydrogen-bond donors (Lipinski definition) is 1. The largest absolute Gasteiger partial charge is 0.350 e. The standard InChI is InChI=1S/C24H18F2N2O2/c1-14-10-15(2)12-20(11-14)28-23(29)21(16-6-8-17(25)9-7-16)22(24(28)30)27-19-5-3-4-18(26)13-19/h3-13,27H,1-2H3. The van der Waals surface area contributed by atoms with Gasteiger partial charge in [-0.05, 0) is 73.0 Å². The number of anilines is 2. The van der Waals surface area contributed by atoms with Crippen LogP contribution in [0.3, 0.4) is 0 Å². The molecule has 30 heavy (non-hydrogen) atoms. The topological polar surface area (TPSA) is 49.4 Å². The van der Waals surface area contributed by atoms with Crippen LogP contribution in [0.15, 0.2) is 72.4 Å². The van der Waals surface area contributed by atoms with Crippen molar-refractivity contribution in [1.82, 2.24) is 0 Å². The monoisotopic (exact) mass is 404 g/mol. The Hall–Kier alpha value is -3.80. The van der Waals surface area contributed by atoms with Crippen LogP contribution in [-0.4, -0.2) is 11.8 Å². The van der Waals surface area contributed by atoms with Crippen LogP contribution in [0.4, 0.5) is 20.2 Å². The van der Waals surface area contributed by atoms with Crippen LogP contribution in [0.25, 0.3) is 5.57 Å². The molecule has 4 nitrogen and oxygen atoms in total. The molecule has 1 aliphatic rings. The molecule has 0 radical (unpaired) electrons. The number of nitrogens with zero attached hydrogens (tertiary/aromatic N) is 1. The summed E-state index contributed by atoms with van der Waals surface area (Å²) in [6.45, 7) is 3.75. The van der Waals surface area contributed by atoms with Gasteiger partial charge in [0.1, 0.15) is 17.3 Å². The Morgan fingerprint density at radius 3 is 2.07 bits per heavy atom. The highest BCUT2D eigenvalue weighted by atomic mass is 19.1. The van der Waals surface area contributed by atoms with E-state index in [2.05, 4.69) is 5.32 Å². The highest BCUT2D eigenvalue weighted by Gasteiger charge is 2.40. The van der Waals surface area contributed by atoms with Crippen LogP contribution >= 0.6 is 0 Å². The van der Waals surface area contributed by atoms with Crippen molar-refractivity contribution in [2.45, 2.75) is 13.8 Å². The molecule has 0 aromatic heterocycles. The third-order valence-electron chi connectivity index (χ3n) is 4.78. The Kier molecular flexibility index (Phi) is 4.91. The van der Waals surface area contributed by atoms with E-state index in [1.54, 1.807) is 18.2 Å². The number of carbonyl (C=O) groups excluding carboxylic acids is 2. The van der Waals surface area contributed by atoms with Gasteiger partial charge in [-0.15, -0.1) is 0 Å². The van der Waals surface area contributed by atoms with Gasteiger partial charge in [0, 0.05) is 5.69 Å². The zero-order chi connectivity index (χ0) is 21.4. The Morgan fingerprint density at radius 1 is 0.767 bits per heavy atom. The van der Waals surface area contributed by atoms with Crippen LogP contribution in [-0.2, 0) is 9.59 Å². The first-order chi connectivity index (χ1) is 14.3. The predicted octanol–water partition coefficient (Wildman–Crippen LogP) is 4.98. The lowest BCUT2D eigenvalue weighted by molar-refractivity contribution is -0.120. The molecular formula is C24H18F2N2O2. The van der Waals surface area contributed by atoms with Gasteiger partial charge in [-0.1, -0.05) is 24.3 Å². The number of benzene rings is 3. The van der Waals surface area contributed by atoms with Gasteiger partial charge in [0.15, 0.2) is 0 Å². The van der Waals surface area contributed by atoms with E-state index in [4.69, 9.17) is 0 Å². The lowest BCUT2D eigenvalue weighted by Crippen LogP contribution is -2.32. The van der Waals surface area contributed by atoms with Gasteiger partial charge in [0.25, 0.3) is 11.8 Å². The van der Waals surface area contributed by atoms with Gasteiger partial charge in [0.05, 0.1) is 11.3 Å². The third-order valence-corrected chi connectivity index (χ3v) is 4.78. The van der Waals surface area contributed by atoms with Crippen LogP contribution in [0.1, 0.15) is 16.7 Å². The number of amides is 2. The Morgan fingerprint density at radius 2 is 1.43 bits per heavy atom. The van der Waals surface area contributed by atoms with Crippen molar-refractivity contribution in [3.63, 3.8) is 0 Å². The fraction of sp³-hybridized carbons (Fsp3) is 0.0833. The van der Waals surface area contributed by atoms with E-state index in [1.807, 2.05) is 19.9 Å². The summed E-state index contributed by atoms with van der Waals surface area (Å²) in [4.78, 5) is 27.7. The number of imide groups is 1. The van der Waals surface area contributed by atoms with E-state index in [0.29, 0.717) is 16.9 Å². The highest BCUT2D eigenvalue weighted by Crippen LogP contribution is 2.34. The molecule has 1 heterocycles. The van der Waals surface area contributed by atoms with Gasteiger partial charge in [-0.25, -0.2) is 13.7 Å². The Bertz CT molecular complexity index is 1180. The maximum absolute atomic E-state index is 13.6. The average Bonchev–Trinajstić information content (AvgIpc) is 2.92. The molecule has 1 N–H and O–H groups in total. The Balaban J connectivity index is 1.84. The second-order valence-electron chi connectivity index (χ2n) is 7.18. The molecule has 0 saturated heterocycles. The zero-order valence-corrected chi connectivity index (χ0v) is 16.4. The highest BCUT2D eigenvalue weighted by molar-refractivity contribution is 6.46. The van der Waals surface area contributed by atoms with Gasteiger partial charge >= 0.3 is 0 Å². The second kappa shape index (κ2) is 7.55. The normalized spacial score (nSPS) is 13.9. The molecule has 2 amide bonds. The van der Waals surface area contributed by atoms with Gasteiger partial charge in [0.2, 0.25) is 0 Å². The molecular weight excluding hydrogens is 386 g/mol. The maximum Gasteiger partial charge on any atom is 0.282 e. The average molecular weight is 404 g/mol. The molecule has 6 heteroatoms. The number of hydrogen-bond acceptors (Lipinski definition) is 3. The fourth-order valence-corrected chi connectivity index (χ4v) is 3.55. The summed E-state index contributed by atoms with van der Waals surface area (Å²) in [6.07, 6.45) is 0. The molecule has 0 fully saturated rings. The van der Waals surface area contributed by atoms with Crippen LogP contribution < -0.4 is 10.2 Å². The van der Waals surface area contributed by atoms with Crippen LogP contribution in [0.2, 0.25) is 0 Å². The third kappa shape index (κ3) is 3.59. The first kappa shape index (κ1) is 19.5. The molecule has 1 aliphatic heterocycles. The van der Waals surface area contributed by atoms with E-state index in [0.717, 1.165) is 16.0 Å². The van der Waals surface area contributed by atoms with Gasteiger partial charge < -0.3 is 5.32 Å². The minimum Gasteiger partial charge on any atom is -0.350 e. The van der Waals surface area contributed by atoms with E-state index in [1.165, 1.54) is 42.5 Å². The summed E-state index contributed by atoms with van der Waals surface area (Å²) < 4.78 is 27.1. The van der Waals surface area contributed by atoms with Crippen LogP contribution in [0, 0.1) is 25.5 Å². The SMILES string of the molecule is Cc1cc(C)cc(N2C(=O)C(Nc3cccc(F)c3)=C(c3ccc(F)cc3)C2=O)c1. The van der Waals surface area contributed by atoms with Crippen molar-refractivity contribution in [3.8, 4) is 0 Å². The lowest BCUT2D eigenvalue weighted by Gasteiger charge is -2.17. The summed E-state index contributed by atoms with van der Waals surface area (Å²) in [5, 5.41) is 2.89. The van der Waals surface area contributed by atoms with Crippen molar-refractivity contribution < 1.29 is 18.4 Å². The van der Waals surface area contributed by atoms with Crippen molar-refractivity contribution >= 4 is 28.8 Å². The summed E-state index contributed by atoms with van der Waals surface area (Å²) in [5.41, 5.74) is 3.08. The van der Waals surface area contributed by atoms with Crippen molar-refractivity contribution in [1.29, 1.82) is 0 Å². The zero-order valence-electron chi connectivity index (χ0n) is 16.4. The molecule has 150 valence electrons. The number of aryl methyl sites for hydroxylation is 2. The molecule has 0 unspecified atom stereocenters. The predicted molar refractivity (Wildman–Crippen MR) is 112 cm³/mol. The number of carbonyl (C=O) groups is 2. The number of rotatable bonds is 4. The quantitative estimate of drug-likeness (QED) is 0.624. The van der Waals surface area contributed by atoms with Crippen molar-refractivity contribution in [2.24, 2.45) is 0 Å². The van der Waals surface area contributed by atoms with E-state index < -0.39 is 23.4 Å². The number of halogens is 2. The molecule has 4 rings (SSSR count). The molecule has 0 saturated carbocycles. The van der Waals surface area contributed by atoms with E-state index in [-0.39, 0.29) is 11.3 Å². The first-order valence-electron chi connectivity index (χ1n) is 9.33. The maximum atomic E-state index is 13.6. The fourth-order valence-electron chi connectivity index (χ4n) is 3.55.